The van der Waals surface area contributed by atoms with Gasteiger partial charge in [0.15, 0.2) is 0 Å². The third-order valence-corrected chi connectivity index (χ3v) is 18.4. The maximum Gasteiger partial charge on any atom is 0.126 e. The lowest BCUT2D eigenvalue weighted by atomic mass is 9.73. The van der Waals surface area contributed by atoms with E-state index in [9.17, 15) is 35.7 Å². The topological polar surface area (TPSA) is 151 Å². The fraction of sp³-hybridized carbons (Fsp3) is 0.487. The molecule has 8 rings (SSSR count). The van der Waals surface area contributed by atoms with Crippen molar-refractivity contribution in [2.75, 3.05) is 7.11 Å². The van der Waals surface area contributed by atoms with Crippen LogP contribution in [0.5, 0.6) is 46.0 Å². The van der Waals surface area contributed by atoms with Gasteiger partial charge in [0.2, 0.25) is 0 Å². The van der Waals surface area contributed by atoms with Crippen LogP contribution < -0.4 is 4.74 Å². The van der Waals surface area contributed by atoms with E-state index in [0.717, 1.165) is 147 Å². The summed E-state index contributed by atoms with van der Waals surface area (Å²) in [6, 6.07) is 14.7. The van der Waals surface area contributed by atoms with E-state index < -0.39 is 0 Å². The summed E-state index contributed by atoms with van der Waals surface area (Å²) in [4.78, 5) is 0. The first kappa shape index (κ1) is 70.0. The van der Waals surface area contributed by atoms with Gasteiger partial charge < -0.3 is 40.5 Å². The third-order valence-electron chi connectivity index (χ3n) is 18.4. The molecular weight excluding hydrogens is 1060 g/mol. The number of phenols is 7. The summed E-state index contributed by atoms with van der Waals surface area (Å²) in [6.45, 7) is 41.4. The van der Waals surface area contributed by atoms with Crippen molar-refractivity contribution in [1.29, 1.82) is 0 Å². The zero-order valence-electron chi connectivity index (χ0n) is 54.9. The molecule has 0 unspecified atom stereocenters. The first-order valence-corrected chi connectivity index (χ1v) is 32.1. The van der Waals surface area contributed by atoms with E-state index in [2.05, 4.69) is 112 Å². The minimum atomic E-state index is 0.0199. The average Bonchev–Trinajstić information content (AvgIpc) is 3.55. The number of unbranched alkanes of at least 4 members (excludes halogenated alkanes) is 3. The molecule has 0 saturated carbocycles. The smallest absolute Gasteiger partial charge is 0.126 e. The highest BCUT2D eigenvalue weighted by Crippen LogP contribution is 2.51. The van der Waals surface area contributed by atoms with Gasteiger partial charge in [-0.15, -0.1) is 0 Å². The van der Waals surface area contributed by atoms with Gasteiger partial charge in [-0.3, -0.25) is 0 Å². The van der Waals surface area contributed by atoms with Crippen LogP contribution in [0.4, 0.5) is 0 Å². The summed E-state index contributed by atoms with van der Waals surface area (Å²) in [7, 11) is 1.70. The predicted molar refractivity (Wildman–Crippen MR) is 361 cm³/mol. The van der Waals surface area contributed by atoms with Crippen LogP contribution in [0, 0.1) is 30.6 Å². The van der Waals surface area contributed by atoms with Gasteiger partial charge in [-0.05, 0) is 240 Å². The molecule has 4 aromatic carbocycles. The molecule has 0 aromatic heterocycles. The van der Waals surface area contributed by atoms with Gasteiger partial charge in [0, 0.05) is 45.9 Å². The number of benzene rings is 4. The first-order valence-electron chi connectivity index (χ1n) is 32.1. The Kier molecular flexibility index (Phi) is 26.7. The van der Waals surface area contributed by atoms with Crippen LogP contribution in [0.3, 0.4) is 0 Å². The Bertz CT molecular complexity index is 3070. The number of aromatic hydroxyl groups is 7. The molecule has 7 N–H and O–H groups in total. The molecule has 4 aliphatic rings. The lowest BCUT2D eigenvalue weighted by Crippen LogP contribution is -2.17. The molecule has 0 spiro atoms. The number of rotatable bonds is 18. The Labute approximate surface area is 518 Å². The highest BCUT2D eigenvalue weighted by atomic mass is 16.5. The summed E-state index contributed by atoms with van der Waals surface area (Å²) >= 11 is 0. The fourth-order valence-corrected chi connectivity index (χ4v) is 13.6. The van der Waals surface area contributed by atoms with E-state index in [1.54, 1.807) is 31.4 Å². The van der Waals surface area contributed by atoms with E-state index in [-0.39, 0.29) is 75.9 Å². The zero-order valence-corrected chi connectivity index (χ0v) is 54.9. The molecule has 0 amide bonds. The van der Waals surface area contributed by atoms with Crippen molar-refractivity contribution >= 4 is 0 Å². The number of hydrogen-bond donors (Lipinski definition) is 7. The quantitative estimate of drug-likeness (QED) is 0.0384. The van der Waals surface area contributed by atoms with Gasteiger partial charge in [-0.25, -0.2) is 0 Å². The Balaban J connectivity index is 0.000000210. The monoisotopic (exact) mass is 1170 g/mol. The number of allylic oxidation sites excluding steroid dienone is 12. The van der Waals surface area contributed by atoms with E-state index in [0.29, 0.717) is 28.4 Å². The number of phenolic OH excluding ortho intramolecular Hbond substituents is 7. The van der Waals surface area contributed by atoms with E-state index >= 15 is 0 Å². The van der Waals surface area contributed by atoms with Gasteiger partial charge in [-0.1, -0.05) is 142 Å². The maximum atomic E-state index is 10.8. The highest BCUT2D eigenvalue weighted by Gasteiger charge is 2.34. The van der Waals surface area contributed by atoms with Crippen molar-refractivity contribution in [2.24, 2.45) is 23.7 Å². The van der Waals surface area contributed by atoms with Crippen LogP contribution in [-0.4, -0.2) is 42.9 Å². The van der Waals surface area contributed by atoms with Crippen LogP contribution in [0.15, 0.2) is 144 Å². The molecule has 468 valence electrons. The van der Waals surface area contributed by atoms with Crippen molar-refractivity contribution in [1.82, 2.24) is 0 Å². The summed E-state index contributed by atoms with van der Waals surface area (Å²) in [6.07, 6.45) is 26.7. The molecule has 0 fully saturated rings. The largest absolute Gasteiger partial charge is 0.507 e. The summed E-state index contributed by atoms with van der Waals surface area (Å²) in [5.74, 6) is 3.79. The Morgan fingerprint density at radius 1 is 0.384 bits per heavy atom. The predicted octanol–water partition coefficient (Wildman–Crippen LogP) is 21.1. The second kappa shape index (κ2) is 32.8. The van der Waals surface area contributed by atoms with Crippen LogP contribution in [0.1, 0.15) is 234 Å². The van der Waals surface area contributed by atoms with Crippen molar-refractivity contribution < 1.29 is 40.5 Å². The Morgan fingerprint density at radius 2 is 0.663 bits per heavy atom. The van der Waals surface area contributed by atoms with Gasteiger partial charge in [0.1, 0.15) is 46.0 Å². The lowest BCUT2D eigenvalue weighted by Gasteiger charge is -2.32. The molecule has 4 aliphatic carbocycles. The molecule has 0 saturated heterocycles. The summed E-state index contributed by atoms with van der Waals surface area (Å²) in [5.41, 5.74) is 16.7. The van der Waals surface area contributed by atoms with Crippen molar-refractivity contribution in [3.05, 3.63) is 188 Å². The number of hydrogen-bond acceptors (Lipinski definition) is 8. The molecule has 0 heterocycles. The third kappa shape index (κ3) is 18.6. The number of methoxy groups -OCH3 is 1. The second-order valence-corrected chi connectivity index (χ2v) is 26.0. The van der Waals surface area contributed by atoms with E-state index in [1.807, 2.05) is 45.9 Å². The Hall–Kier alpha value is -6.80. The van der Waals surface area contributed by atoms with Crippen LogP contribution in [0.2, 0.25) is 0 Å². The van der Waals surface area contributed by atoms with Gasteiger partial charge in [0.25, 0.3) is 0 Å². The minimum Gasteiger partial charge on any atom is -0.507 e. The molecule has 0 radical (unpaired) electrons. The molecule has 8 nitrogen and oxygen atoms in total. The van der Waals surface area contributed by atoms with Crippen molar-refractivity contribution in [3.8, 4) is 46.0 Å². The van der Waals surface area contributed by atoms with E-state index in [1.165, 1.54) is 40.7 Å². The van der Waals surface area contributed by atoms with Crippen LogP contribution in [-0.2, 0) is 19.3 Å². The number of aryl methyl sites for hydroxylation is 4. The molecule has 8 heteroatoms. The molecule has 4 aromatic rings. The minimum absolute atomic E-state index is 0.0199. The van der Waals surface area contributed by atoms with Crippen LogP contribution in [0.25, 0.3) is 0 Å². The number of ether oxygens (including phenoxy) is 1. The standard InChI is InChI=1S/C22H32O2.C20H28O2.C19H26O2.C17H22O2/c1-6-7-8-9-17-13-20(23)22(21(14-17)24-5)19-12-16(4)10-11-18(19)15(2)3;1-5-6-7-15-11-18(21)20(19(22)12-15)17-10-14(4)8-9-16(17)13(2)3;1-5-6-14-10-17(20)19(18(21)11-14)16-9-13(4)7-8-15(16)12(2)3;1-10(2)13-6-5-11(3)7-14(13)17-15(18)8-12(4)9-16(17)19/h12-14,18-19,23H,2,6-11H2,1,3-5H3;10-12,16-17,21-22H,2,5-9H2,1,3-4H3;9-11,15-16,20-21H,2,5-8H2,1,3-4H3;7-9,13-14,18-19H,1,5-6H2,2-4H3/t18-,19+;16-,17+;15-,16+;13-,14+/m0000/s1. The van der Waals surface area contributed by atoms with E-state index in [4.69, 9.17) is 4.74 Å². The van der Waals surface area contributed by atoms with Crippen molar-refractivity contribution in [3.63, 3.8) is 0 Å². The normalized spacial score (nSPS) is 21.7. The molecule has 0 bridgehead atoms. The zero-order chi connectivity index (χ0) is 63.7. The molecular formula is C78H108O8. The molecule has 8 atom stereocenters. The van der Waals surface area contributed by atoms with Crippen LogP contribution >= 0.6 is 0 Å². The van der Waals surface area contributed by atoms with Gasteiger partial charge in [0.05, 0.1) is 7.11 Å². The van der Waals surface area contributed by atoms with Crippen molar-refractivity contribution in [2.45, 2.75) is 216 Å². The van der Waals surface area contributed by atoms with Gasteiger partial charge in [-0.2, -0.15) is 0 Å². The fourth-order valence-electron chi connectivity index (χ4n) is 13.6. The lowest BCUT2D eigenvalue weighted by molar-refractivity contribution is 0.381. The molecule has 86 heavy (non-hydrogen) atoms. The Morgan fingerprint density at radius 3 is 0.965 bits per heavy atom. The average molecular weight is 1170 g/mol. The SMILES string of the molecule is C=C(C)[C@@H]1CCC(C)=C[C@H]1c1c(O)cc(C)cc1O.C=C(C)[C@@H]1CCC(C)=C[C@H]1c1c(O)cc(CCC)cc1O.C=C(C)[C@@H]1CCC(C)=C[C@H]1c1c(O)cc(CCCC)cc1O.C=C(C)[C@@H]1CCC(C)=C[C@H]1c1c(O)cc(CCCCC)cc1OC. The van der Waals surface area contributed by atoms with Gasteiger partial charge >= 0.3 is 0 Å². The summed E-state index contributed by atoms with van der Waals surface area (Å²) in [5, 5.41) is 73.0. The second-order valence-electron chi connectivity index (χ2n) is 26.0. The maximum absolute atomic E-state index is 10.8. The highest BCUT2D eigenvalue weighted by molar-refractivity contribution is 5.55. The first-order chi connectivity index (χ1) is 40.7. The molecule has 0 aliphatic heterocycles. The summed E-state index contributed by atoms with van der Waals surface area (Å²) < 4.78 is 5.67.